The maximum atomic E-state index is 12.4. The van der Waals surface area contributed by atoms with Gasteiger partial charge in [-0.3, -0.25) is 4.79 Å². The van der Waals surface area contributed by atoms with E-state index in [1.807, 2.05) is 63.2 Å². The third-order valence-corrected chi connectivity index (χ3v) is 4.24. The first-order chi connectivity index (χ1) is 11.5. The lowest BCUT2D eigenvalue weighted by molar-refractivity contribution is 0.0940. The van der Waals surface area contributed by atoms with Crippen molar-refractivity contribution < 1.29 is 14.3 Å². The fourth-order valence-electron chi connectivity index (χ4n) is 2.30. The minimum absolute atomic E-state index is 0.0919. The van der Waals surface area contributed by atoms with Crippen molar-refractivity contribution in [2.24, 2.45) is 0 Å². The second-order valence-corrected chi connectivity index (χ2v) is 6.52. The molecule has 0 saturated heterocycles. The van der Waals surface area contributed by atoms with Gasteiger partial charge in [-0.1, -0.05) is 6.07 Å². The molecule has 0 aliphatic heterocycles. The number of carbonyl (C=O) groups excluding carboxylic acids is 1. The highest BCUT2D eigenvalue weighted by molar-refractivity contribution is 14.1. The molecule has 0 aromatic heterocycles. The molecule has 2 aromatic rings. The molecule has 1 amide bonds. The third-order valence-electron chi connectivity index (χ3n) is 3.52. The lowest BCUT2D eigenvalue weighted by Crippen LogP contribution is -2.26. The number of amides is 1. The van der Waals surface area contributed by atoms with Crippen LogP contribution in [0.1, 0.15) is 42.7 Å². The minimum Gasteiger partial charge on any atom is -0.490 e. The highest BCUT2D eigenvalue weighted by atomic mass is 127. The Kier molecular flexibility index (Phi) is 6.90. The first kappa shape index (κ1) is 18.6. The van der Waals surface area contributed by atoms with Gasteiger partial charge in [0.05, 0.1) is 19.3 Å². The lowest BCUT2D eigenvalue weighted by Gasteiger charge is -2.17. The van der Waals surface area contributed by atoms with Gasteiger partial charge in [0.25, 0.3) is 5.91 Å². The number of halogens is 1. The topological polar surface area (TPSA) is 47.6 Å². The lowest BCUT2D eigenvalue weighted by atomic mass is 10.1. The molecule has 128 valence electrons. The van der Waals surface area contributed by atoms with Crippen LogP contribution in [0, 0.1) is 3.57 Å². The van der Waals surface area contributed by atoms with E-state index in [0.717, 1.165) is 14.9 Å². The van der Waals surface area contributed by atoms with Crippen LogP contribution in [0.2, 0.25) is 0 Å². The zero-order chi connectivity index (χ0) is 17.5. The van der Waals surface area contributed by atoms with E-state index in [1.54, 1.807) is 0 Å². The van der Waals surface area contributed by atoms with Crippen molar-refractivity contribution in [2.45, 2.75) is 26.8 Å². The Balaban J connectivity index is 2.13. The Morgan fingerprint density at radius 3 is 2.29 bits per heavy atom. The van der Waals surface area contributed by atoms with Crippen molar-refractivity contribution in [2.75, 3.05) is 13.2 Å². The SMILES string of the molecule is CCOc1ccc(C(C)NC(=O)c2ccc(I)cc2)cc1OCC. The fourth-order valence-corrected chi connectivity index (χ4v) is 2.66. The maximum Gasteiger partial charge on any atom is 0.251 e. The molecule has 0 fully saturated rings. The molecule has 0 radical (unpaired) electrons. The predicted octanol–water partition coefficient (Wildman–Crippen LogP) is 4.58. The summed E-state index contributed by atoms with van der Waals surface area (Å²) in [6.45, 7) is 6.97. The summed E-state index contributed by atoms with van der Waals surface area (Å²) in [4.78, 5) is 12.4. The molecule has 0 aliphatic carbocycles. The zero-order valence-electron chi connectivity index (χ0n) is 14.1. The van der Waals surface area contributed by atoms with Crippen LogP contribution < -0.4 is 14.8 Å². The summed E-state index contributed by atoms with van der Waals surface area (Å²) < 4.78 is 12.3. The standard InChI is InChI=1S/C19H22INO3/c1-4-23-17-11-8-15(12-18(17)24-5-2)13(3)21-19(22)14-6-9-16(20)10-7-14/h6-13H,4-5H2,1-3H3,(H,21,22). The van der Waals surface area contributed by atoms with Crippen molar-refractivity contribution in [1.82, 2.24) is 5.32 Å². The van der Waals surface area contributed by atoms with E-state index in [4.69, 9.17) is 9.47 Å². The number of hydrogen-bond acceptors (Lipinski definition) is 3. The smallest absolute Gasteiger partial charge is 0.251 e. The van der Waals surface area contributed by atoms with Crippen LogP contribution in [0.25, 0.3) is 0 Å². The van der Waals surface area contributed by atoms with Gasteiger partial charge < -0.3 is 14.8 Å². The molecular formula is C19H22INO3. The zero-order valence-corrected chi connectivity index (χ0v) is 16.3. The Labute approximate surface area is 156 Å². The van der Waals surface area contributed by atoms with Gasteiger partial charge in [0.1, 0.15) is 0 Å². The van der Waals surface area contributed by atoms with Gasteiger partial charge in [0.2, 0.25) is 0 Å². The van der Waals surface area contributed by atoms with Crippen LogP contribution in [0.5, 0.6) is 11.5 Å². The molecule has 0 spiro atoms. The van der Waals surface area contributed by atoms with Crippen LogP contribution in [0.3, 0.4) is 0 Å². The second kappa shape index (κ2) is 8.92. The number of ether oxygens (including phenoxy) is 2. The van der Waals surface area contributed by atoms with Gasteiger partial charge in [-0.2, -0.15) is 0 Å². The normalized spacial score (nSPS) is 11.7. The molecule has 0 heterocycles. The predicted molar refractivity (Wildman–Crippen MR) is 104 cm³/mol. The number of hydrogen-bond donors (Lipinski definition) is 1. The van der Waals surface area contributed by atoms with Crippen LogP contribution in [-0.2, 0) is 0 Å². The average Bonchev–Trinajstić information content (AvgIpc) is 2.57. The van der Waals surface area contributed by atoms with Crippen LogP contribution in [-0.4, -0.2) is 19.1 Å². The summed E-state index contributed by atoms with van der Waals surface area (Å²) in [5, 5.41) is 3.01. The van der Waals surface area contributed by atoms with Crippen molar-refractivity contribution in [3.63, 3.8) is 0 Å². The van der Waals surface area contributed by atoms with Crippen molar-refractivity contribution >= 4 is 28.5 Å². The molecular weight excluding hydrogens is 417 g/mol. The molecule has 2 aromatic carbocycles. The summed E-state index contributed by atoms with van der Waals surface area (Å²) in [6.07, 6.45) is 0. The Morgan fingerprint density at radius 2 is 1.67 bits per heavy atom. The second-order valence-electron chi connectivity index (χ2n) is 5.27. The van der Waals surface area contributed by atoms with E-state index in [9.17, 15) is 4.79 Å². The van der Waals surface area contributed by atoms with Crippen molar-refractivity contribution in [3.05, 3.63) is 57.2 Å². The molecule has 1 unspecified atom stereocenters. The van der Waals surface area contributed by atoms with Crippen molar-refractivity contribution in [3.8, 4) is 11.5 Å². The van der Waals surface area contributed by atoms with Crippen LogP contribution in [0.4, 0.5) is 0 Å². The number of carbonyl (C=O) groups is 1. The molecule has 0 aliphatic rings. The molecule has 0 saturated carbocycles. The summed E-state index contributed by atoms with van der Waals surface area (Å²) in [5.41, 5.74) is 1.62. The highest BCUT2D eigenvalue weighted by Crippen LogP contribution is 2.30. The molecule has 4 nitrogen and oxygen atoms in total. The fraction of sp³-hybridized carbons (Fsp3) is 0.316. The van der Waals surface area contributed by atoms with Crippen LogP contribution in [0.15, 0.2) is 42.5 Å². The number of rotatable bonds is 7. The summed E-state index contributed by atoms with van der Waals surface area (Å²) in [5.74, 6) is 1.33. The maximum absolute atomic E-state index is 12.4. The van der Waals surface area contributed by atoms with Crippen molar-refractivity contribution in [1.29, 1.82) is 0 Å². The summed E-state index contributed by atoms with van der Waals surface area (Å²) >= 11 is 2.22. The quantitative estimate of drug-likeness (QED) is 0.643. The number of benzene rings is 2. The van der Waals surface area contributed by atoms with E-state index in [-0.39, 0.29) is 11.9 Å². The molecule has 1 N–H and O–H groups in total. The largest absolute Gasteiger partial charge is 0.490 e. The first-order valence-electron chi connectivity index (χ1n) is 8.01. The Hall–Kier alpha value is -1.76. The molecule has 2 rings (SSSR count). The van der Waals surface area contributed by atoms with Gasteiger partial charge in [0, 0.05) is 9.13 Å². The monoisotopic (exact) mass is 439 g/mol. The van der Waals surface area contributed by atoms with E-state index in [2.05, 4.69) is 27.9 Å². The van der Waals surface area contributed by atoms with Gasteiger partial charge in [0.15, 0.2) is 11.5 Å². The van der Waals surface area contributed by atoms with Crippen LogP contribution >= 0.6 is 22.6 Å². The Morgan fingerprint density at radius 1 is 1.04 bits per heavy atom. The highest BCUT2D eigenvalue weighted by Gasteiger charge is 2.14. The van der Waals surface area contributed by atoms with Gasteiger partial charge in [-0.25, -0.2) is 0 Å². The van der Waals surface area contributed by atoms with Gasteiger partial charge in [-0.05, 0) is 85.3 Å². The van der Waals surface area contributed by atoms with E-state index in [0.29, 0.717) is 24.5 Å². The summed E-state index contributed by atoms with van der Waals surface area (Å²) in [7, 11) is 0. The molecule has 5 heteroatoms. The average molecular weight is 439 g/mol. The first-order valence-corrected chi connectivity index (χ1v) is 9.09. The number of nitrogens with one attached hydrogen (secondary N) is 1. The third kappa shape index (κ3) is 4.87. The van der Waals surface area contributed by atoms with Gasteiger partial charge >= 0.3 is 0 Å². The Bertz CT molecular complexity index is 686. The van der Waals surface area contributed by atoms with E-state index >= 15 is 0 Å². The minimum atomic E-state index is -0.133. The van der Waals surface area contributed by atoms with E-state index in [1.165, 1.54) is 0 Å². The molecule has 24 heavy (non-hydrogen) atoms. The summed E-state index contributed by atoms with van der Waals surface area (Å²) in [6, 6.07) is 13.1. The molecule has 1 atom stereocenters. The molecule has 0 bridgehead atoms. The van der Waals surface area contributed by atoms with Gasteiger partial charge in [-0.15, -0.1) is 0 Å². The van der Waals surface area contributed by atoms with E-state index < -0.39 is 0 Å².